The SMILES string of the molecule is CCCNCc1cnc(Oc2c(C)ccc(C)c2C)cn1. The maximum absolute atomic E-state index is 5.91. The number of hydrogen-bond donors (Lipinski definition) is 1. The number of aromatic nitrogens is 2. The van der Waals surface area contributed by atoms with Crippen LogP contribution in [0.4, 0.5) is 0 Å². The van der Waals surface area contributed by atoms with E-state index in [0.717, 1.165) is 42.1 Å². The van der Waals surface area contributed by atoms with Crippen molar-refractivity contribution >= 4 is 0 Å². The molecule has 112 valence electrons. The van der Waals surface area contributed by atoms with Crippen LogP contribution in [-0.4, -0.2) is 16.5 Å². The minimum atomic E-state index is 0.533. The number of hydrogen-bond acceptors (Lipinski definition) is 4. The predicted octanol–water partition coefficient (Wildman–Crippen LogP) is 3.69. The summed E-state index contributed by atoms with van der Waals surface area (Å²) in [7, 11) is 0. The first-order chi connectivity index (χ1) is 10.1. The zero-order chi connectivity index (χ0) is 15.2. The molecule has 1 aromatic carbocycles. The Morgan fingerprint density at radius 2 is 1.81 bits per heavy atom. The van der Waals surface area contributed by atoms with Gasteiger partial charge in [-0.3, -0.25) is 4.98 Å². The van der Waals surface area contributed by atoms with Crippen molar-refractivity contribution in [2.75, 3.05) is 6.54 Å². The number of rotatable bonds is 6. The lowest BCUT2D eigenvalue weighted by molar-refractivity contribution is 0.451. The van der Waals surface area contributed by atoms with E-state index in [0.29, 0.717) is 5.88 Å². The van der Waals surface area contributed by atoms with Crippen molar-refractivity contribution in [2.24, 2.45) is 0 Å². The highest BCUT2D eigenvalue weighted by Crippen LogP contribution is 2.29. The first-order valence-corrected chi connectivity index (χ1v) is 7.38. The molecule has 4 nitrogen and oxygen atoms in total. The van der Waals surface area contributed by atoms with Gasteiger partial charge in [0.25, 0.3) is 0 Å². The molecular formula is C17H23N3O. The van der Waals surface area contributed by atoms with Crippen LogP contribution in [0.25, 0.3) is 0 Å². The van der Waals surface area contributed by atoms with Gasteiger partial charge in [-0.2, -0.15) is 0 Å². The molecule has 0 amide bonds. The molecule has 0 unspecified atom stereocenters. The molecule has 0 radical (unpaired) electrons. The van der Waals surface area contributed by atoms with Crippen molar-refractivity contribution in [3.63, 3.8) is 0 Å². The molecule has 0 saturated heterocycles. The maximum Gasteiger partial charge on any atom is 0.237 e. The zero-order valence-electron chi connectivity index (χ0n) is 13.2. The topological polar surface area (TPSA) is 47.0 Å². The Kier molecular flexibility index (Phi) is 5.28. The third kappa shape index (κ3) is 4.02. The molecule has 2 aromatic rings. The summed E-state index contributed by atoms with van der Waals surface area (Å²) in [6.45, 7) is 10.1. The van der Waals surface area contributed by atoms with E-state index in [9.17, 15) is 0 Å². The summed E-state index contributed by atoms with van der Waals surface area (Å²) < 4.78 is 5.91. The molecule has 21 heavy (non-hydrogen) atoms. The number of nitrogens with one attached hydrogen (secondary N) is 1. The van der Waals surface area contributed by atoms with E-state index in [2.05, 4.69) is 48.2 Å². The van der Waals surface area contributed by atoms with Gasteiger partial charge in [0.05, 0.1) is 18.1 Å². The second-order valence-corrected chi connectivity index (χ2v) is 5.28. The van der Waals surface area contributed by atoms with Gasteiger partial charge in [-0.1, -0.05) is 19.1 Å². The van der Waals surface area contributed by atoms with Gasteiger partial charge in [-0.05, 0) is 50.4 Å². The Morgan fingerprint density at radius 1 is 1.05 bits per heavy atom. The molecule has 2 rings (SSSR count). The molecule has 1 heterocycles. The van der Waals surface area contributed by atoms with Crippen LogP contribution in [0.2, 0.25) is 0 Å². The smallest absolute Gasteiger partial charge is 0.237 e. The summed E-state index contributed by atoms with van der Waals surface area (Å²) in [6.07, 6.45) is 4.56. The van der Waals surface area contributed by atoms with Crippen LogP contribution in [0.1, 0.15) is 35.7 Å². The number of aryl methyl sites for hydroxylation is 2. The van der Waals surface area contributed by atoms with Gasteiger partial charge in [0.1, 0.15) is 5.75 Å². The van der Waals surface area contributed by atoms with Crippen molar-refractivity contribution in [1.29, 1.82) is 0 Å². The fourth-order valence-electron chi connectivity index (χ4n) is 2.07. The fraction of sp³-hybridized carbons (Fsp3) is 0.412. The maximum atomic E-state index is 5.91. The zero-order valence-corrected chi connectivity index (χ0v) is 13.2. The van der Waals surface area contributed by atoms with Gasteiger partial charge in [0.15, 0.2) is 0 Å². The van der Waals surface area contributed by atoms with E-state index in [1.807, 2.05) is 6.92 Å². The molecule has 0 aliphatic heterocycles. The highest BCUT2D eigenvalue weighted by Gasteiger charge is 2.08. The van der Waals surface area contributed by atoms with Crippen LogP contribution in [0, 0.1) is 20.8 Å². The fourth-order valence-corrected chi connectivity index (χ4v) is 2.07. The number of nitrogens with zero attached hydrogens (tertiary/aromatic N) is 2. The van der Waals surface area contributed by atoms with E-state index in [4.69, 9.17) is 4.74 Å². The van der Waals surface area contributed by atoms with E-state index >= 15 is 0 Å². The van der Waals surface area contributed by atoms with Gasteiger partial charge < -0.3 is 10.1 Å². The third-order valence-electron chi connectivity index (χ3n) is 3.49. The Labute approximate surface area is 126 Å². The van der Waals surface area contributed by atoms with E-state index in [1.54, 1.807) is 12.4 Å². The minimum Gasteiger partial charge on any atom is -0.437 e. The third-order valence-corrected chi connectivity index (χ3v) is 3.49. The van der Waals surface area contributed by atoms with E-state index < -0.39 is 0 Å². The molecule has 0 aliphatic rings. The normalized spacial score (nSPS) is 10.7. The van der Waals surface area contributed by atoms with Crippen molar-refractivity contribution in [3.8, 4) is 11.6 Å². The summed E-state index contributed by atoms with van der Waals surface area (Å²) in [4.78, 5) is 8.72. The second kappa shape index (κ2) is 7.18. The molecule has 1 aromatic heterocycles. The van der Waals surface area contributed by atoms with Crippen LogP contribution in [0.3, 0.4) is 0 Å². The van der Waals surface area contributed by atoms with Gasteiger partial charge in [-0.25, -0.2) is 4.98 Å². The summed E-state index contributed by atoms with van der Waals surface area (Å²) >= 11 is 0. The predicted molar refractivity (Wildman–Crippen MR) is 84.8 cm³/mol. The molecule has 0 aliphatic carbocycles. The van der Waals surface area contributed by atoms with Gasteiger partial charge in [0.2, 0.25) is 5.88 Å². The Bertz CT molecular complexity index is 594. The average Bonchev–Trinajstić information content (AvgIpc) is 2.49. The minimum absolute atomic E-state index is 0.533. The number of ether oxygens (including phenoxy) is 1. The molecule has 0 fully saturated rings. The van der Waals surface area contributed by atoms with Gasteiger partial charge in [-0.15, -0.1) is 0 Å². The molecule has 0 bridgehead atoms. The summed E-state index contributed by atoms with van der Waals surface area (Å²) in [5, 5.41) is 3.30. The summed E-state index contributed by atoms with van der Waals surface area (Å²) in [5.74, 6) is 1.41. The standard InChI is InChI=1S/C17H23N3O/c1-5-8-18-9-15-10-20-16(11-19-15)21-17-13(3)7-6-12(2)14(17)4/h6-7,10-11,18H,5,8-9H2,1-4H3. The largest absolute Gasteiger partial charge is 0.437 e. The molecule has 4 heteroatoms. The molecule has 0 atom stereocenters. The second-order valence-electron chi connectivity index (χ2n) is 5.28. The molecule has 0 spiro atoms. The van der Waals surface area contributed by atoms with Crippen molar-refractivity contribution in [3.05, 3.63) is 46.9 Å². The average molecular weight is 285 g/mol. The lowest BCUT2D eigenvalue weighted by Gasteiger charge is -2.12. The van der Waals surface area contributed by atoms with Gasteiger partial charge >= 0.3 is 0 Å². The quantitative estimate of drug-likeness (QED) is 0.822. The van der Waals surface area contributed by atoms with E-state index in [-0.39, 0.29) is 0 Å². The summed E-state index contributed by atoms with van der Waals surface area (Å²) in [6, 6.07) is 4.17. The van der Waals surface area contributed by atoms with Crippen LogP contribution >= 0.6 is 0 Å². The Balaban J connectivity index is 2.09. The highest BCUT2D eigenvalue weighted by molar-refractivity contribution is 5.46. The first-order valence-electron chi connectivity index (χ1n) is 7.38. The van der Waals surface area contributed by atoms with Crippen molar-refractivity contribution in [1.82, 2.24) is 15.3 Å². The lowest BCUT2D eigenvalue weighted by Crippen LogP contribution is -2.14. The molecule has 0 saturated carbocycles. The van der Waals surface area contributed by atoms with Crippen LogP contribution in [-0.2, 0) is 6.54 Å². The van der Waals surface area contributed by atoms with Crippen molar-refractivity contribution < 1.29 is 4.74 Å². The monoisotopic (exact) mass is 285 g/mol. The highest BCUT2D eigenvalue weighted by atomic mass is 16.5. The number of benzene rings is 1. The lowest BCUT2D eigenvalue weighted by atomic mass is 10.1. The molecular weight excluding hydrogens is 262 g/mol. The molecule has 1 N–H and O–H groups in total. The summed E-state index contributed by atoms with van der Waals surface area (Å²) in [5.41, 5.74) is 4.39. The van der Waals surface area contributed by atoms with Crippen LogP contribution < -0.4 is 10.1 Å². The van der Waals surface area contributed by atoms with Crippen molar-refractivity contribution in [2.45, 2.75) is 40.7 Å². The first kappa shape index (κ1) is 15.4. The Morgan fingerprint density at radius 3 is 2.48 bits per heavy atom. The van der Waals surface area contributed by atoms with Crippen LogP contribution in [0.15, 0.2) is 24.5 Å². The van der Waals surface area contributed by atoms with Crippen LogP contribution in [0.5, 0.6) is 11.6 Å². The van der Waals surface area contributed by atoms with Gasteiger partial charge in [0, 0.05) is 6.54 Å². The Hall–Kier alpha value is -1.94. The van der Waals surface area contributed by atoms with E-state index in [1.165, 1.54) is 5.56 Å².